The molecule has 21 heavy (non-hydrogen) atoms. The molecule has 0 aliphatic heterocycles. The van der Waals surface area contributed by atoms with E-state index in [0.717, 1.165) is 21.1 Å². The molecule has 2 aromatic rings. The Hall–Kier alpha value is -1.82. The number of nitrogens with one attached hydrogen (secondary N) is 2. The molecule has 0 saturated carbocycles. The van der Waals surface area contributed by atoms with Crippen molar-refractivity contribution < 1.29 is 4.79 Å². The van der Waals surface area contributed by atoms with Crippen molar-refractivity contribution in [1.29, 1.82) is 0 Å². The fourth-order valence-corrected chi connectivity index (χ4v) is 2.43. The number of nitrogen functional groups attached to an aromatic ring is 1. The Labute approximate surface area is 132 Å². The maximum absolute atomic E-state index is 11.6. The average Bonchev–Trinajstić information content (AvgIpc) is 2.40. The second-order valence-electron chi connectivity index (χ2n) is 5.15. The lowest BCUT2D eigenvalue weighted by Gasteiger charge is -2.13. The number of hydrogen-bond donors (Lipinski definition) is 3. The minimum absolute atomic E-state index is 0.0237. The third-order valence-corrected chi connectivity index (χ3v) is 3.46. The van der Waals surface area contributed by atoms with Gasteiger partial charge in [0.15, 0.2) is 0 Å². The zero-order chi connectivity index (χ0) is 15.4. The van der Waals surface area contributed by atoms with Crippen LogP contribution in [0, 0.1) is 0 Å². The molecule has 0 aliphatic carbocycles. The van der Waals surface area contributed by atoms with Gasteiger partial charge in [0.2, 0.25) is 5.91 Å². The van der Waals surface area contributed by atoms with E-state index in [0.29, 0.717) is 18.7 Å². The van der Waals surface area contributed by atoms with Crippen LogP contribution in [0.3, 0.4) is 0 Å². The van der Waals surface area contributed by atoms with Gasteiger partial charge in [-0.25, -0.2) is 0 Å². The first-order chi connectivity index (χ1) is 9.97. The molecule has 112 valence electrons. The smallest absolute Gasteiger partial charge is 0.221 e. The van der Waals surface area contributed by atoms with Gasteiger partial charge < -0.3 is 16.4 Å². The van der Waals surface area contributed by atoms with Gasteiger partial charge in [-0.2, -0.15) is 0 Å². The molecule has 0 fully saturated rings. The number of nitrogens with two attached hydrogens (primary N) is 1. The molecular formula is C15H19BrN4O. The average molecular weight is 351 g/mol. The summed E-state index contributed by atoms with van der Waals surface area (Å²) in [7, 11) is 0. The molecule has 1 aromatic heterocycles. The molecule has 4 N–H and O–H groups in total. The van der Waals surface area contributed by atoms with Crippen molar-refractivity contribution >= 4 is 44.1 Å². The van der Waals surface area contributed by atoms with Crippen LogP contribution in [-0.4, -0.2) is 23.5 Å². The first-order valence-electron chi connectivity index (χ1n) is 6.84. The van der Waals surface area contributed by atoms with Crippen LogP contribution in [0.1, 0.15) is 20.3 Å². The Morgan fingerprint density at radius 3 is 2.90 bits per heavy atom. The summed E-state index contributed by atoms with van der Waals surface area (Å²) in [6, 6.07) is 5.98. The number of fused-ring (bicyclic) bond motifs is 1. The van der Waals surface area contributed by atoms with Crippen molar-refractivity contribution in [3.05, 3.63) is 28.9 Å². The van der Waals surface area contributed by atoms with E-state index in [1.807, 2.05) is 32.0 Å². The lowest BCUT2D eigenvalue weighted by molar-refractivity contribution is -0.121. The largest absolute Gasteiger partial charge is 0.396 e. The number of carbonyl (C=O) groups excluding carboxylic acids is 1. The molecule has 0 bridgehead atoms. The van der Waals surface area contributed by atoms with Gasteiger partial charge in [0.05, 0.1) is 23.1 Å². The highest BCUT2D eigenvalue weighted by Crippen LogP contribution is 2.29. The van der Waals surface area contributed by atoms with Crippen LogP contribution >= 0.6 is 15.9 Å². The van der Waals surface area contributed by atoms with E-state index in [1.54, 1.807) is 6.20 Å². The highest BCUT2D eigenvalue weighted by atomic mass is 79.9. The SMILES string of the molecule is CC(C)NC(=O)CCNc1c(N)cnc2ccc(Br)cc12. The summed E-state index contributed by atoms with van der Waals surface area (Å²) in [6.45, 7) is 4.41. The van der Waals surface area contributed by atoms with Crippen LogP contribution in [0.2, 0.25) is 0 Å². The summed E-state index contributed by atoms with van der Waals surface area (Å²) in [4.78, 5) is 15.9. The van der Waals surface area contributed by atoms with Crippen molar-refractivity contribution in [3.8, 4) is 0 Å². The Balaban J connectivity index is 2.12. The quantitative estimate of drug-likeness (QED) is 0.774. The van der Waals surface area contributed by atoms with Gasteiger partial charge in [-0.15, -0.1) is 0 Å². The summed E-state index contributed by atoms with van der Waals surface area (Å²) >= 11 is 3.45. The Kier molecular flexibility index (Phi) is 5.01. The molecule has 0 saturated heterocycles. The number of rotatable bonds is 5. The third kappa shape index (κ3) is 4.07. The lowest BCUT2D eigenvalue weighted by Crippen LogP contribution is -2.31. The van der Waals surface area contributed by atoms with Crippen molar-refractivity contribution in [2.45, 2.75) is 26.3 Å². The fourth-order valence-electron chi connectivity index (χ4n) is 2.07. The molecule has 0 unspecified atom stereocenters. The summed E-state index contributed by atoms with van der Waals surface area (Å²) < 4.78 is 0.961. The zero-order valence-corrected chi connectivity index (χ0v) is 13.7. The number of nitrogens with zero attached hydrogens (tertiary/aromatic N) is 1. The van der Waals surface area contributed by atoms with Gasteiger partial charge in [0.25, 0.3) is 0 Å². The molecule has 5 nitrogen and oxygen atoms in total. The van der Waals surface area contributed by atoms with Gasteiger partial charge in [-0.05, 0) is 32.0 Å². The van der Waals surface area contributed by atoms with Crippen molar-refractivity contribution in [2.24, 2.45) is 0 Å². The van der Waals surface area contributed by atoms with Crippen LogP contribution in [0.5, 0.6) is 0 Å². The lowest BCUT2D eigenvalue weighted by atomic mass is 10.1. The number of amides is 1. The predicted molar refractivity (Wildman–Crippen MR) is 90.2 cm³/mol. The second-order valence-corrected chi connectivity index (χ2v) is 6.06. The van der Waals surface area contributed by atoms with E-state index in [9.17, 15) is 4.79 Å². The summed E-state index contributed by atoms with van der Waals surface area (Å²) in [5, 5.41) is 7.04. The Bertz CT molecular complexity index is 652. The molecule has 2 rings (SSSR count). The number of hydrogen-bond acceptors (Lipinski definition) is 4. The van der Waals surface area contributed by atoms with Crippen LogP contribution in [0.25, 0.3) is 10.9 Å². The van der Waals surface area contributed by atoms with Crippen LogP contribution in [0.4, 0.5) is 11.4 Å². The summed E-state index contributed by atoms with van der Waals surface area (Å²) in [5.41, 5.74) is 8.25. The molecule has 6 heteroatoms. The standard InChI is InChI=1S/C15H19BrN4O/c1-9(2)20-14(21)5-6-18-15-11-7-10(16)3-4-13(11)19-8-12(15)17/h3-4,7-9H,5-6,17H2,1-2H3,(H,18,19)(H,20,21). The monoisotopic (exact) mass is 350 g/mol. The van der Waals surface area contributed by atoms with E-state index in [1.165, 1.54) is 0 Å². The molecular weight excluding hydrogens is 332 g/mol. The maximum Gasteiger partial charge on any atom is 0.221 e. The number of anilines is 2. The van der Waals surface area contributed by atoms with Gasteiger partial charge >= 0.3 is 0 Å². The van der Waals surface area contributed by atoms with E-state index in [2.05, 4.69) is 31.5 Å². The van der Waals surface area contributed by atoms with Gasteiger partial charge in [0, 0.05) is 28.9 Å². The number of benzene rings is 1. The Morgan fingerprint density at radius 2 is 2.19 bits per heavy atom. The highest BCUT2D eigenvalue weighted by molar-refractivity contribution is 9.10. The van der Waals surface area contributed by atoms with Crippen LogP contribution in [-0.2, 0) is 4.79 Å². The molecule has 0 aliphatic rings. The fraction of sp³-hybridized carbons (Fsp3) is 0.333. The van der Waals surface area contributed by atoms with Crippen LogP contribution < -0.4 is 16.4 Å². The van der Waals surface area contributed by atoms with E-state index >= 15 is 0 Å². The topological polar surface area (TPSA) is 80.0 Å². The Morgan fingerprint density at radius 1 is 1.43 bits per heavy atom. The predicted octanol–water partition coefficient (Wildman–Crippen LogP) is 2.91. The highest BCUT2D eigenvalue weighted by Gasteiger charge is 2.08. The third-order valence-electron chi connectivity index (χ3n) is 2.96. The van der Waals surface area contributed by atoms with Crippen molar-refractivity contribution in [3.63, 3.8) is 0 Å². The second kappa shape index (κ2) is 6.76. The van der Waals surface area contributed by atoms with Crippen LogP contribution in [0.15, 0.2) is 28.9 Å². The minimum atomic E-state index is 0.0237. The number of carbonyl (C=O) groups is 1. The molecule has 1 amide bonds. The summed E-state index contributed by atoms with van der Waals surface area (Å²) in [6.07, 6.45) is 2.03. The first kappa shape index (κ1) is 15.6. The number of pyridine rings is 1. The zero-order valence-electron chi connectivity index (χ0n) is 12.1. The molecule has 0 radical (unpaired) electrons. The number of halogens is 1. The maximum atomic E-state index is 11.6. The van der Waals surface area contributed by atoms with Crippen molar-refractivity contribution in [1.82, 2.24) is 10.3 Å². The first-order valence-corrected chi connectivity index (χ1v) is 7.63. The minimum Gasteiger partial charge on any atom is -0.396 e. The van der Waals surface area contributed by atoms with Gasteiger partial charge in [-0.3, -0.25) is 9.78 Å². The number of aromatic nitrogens is 1. The molecule has 1 aromatic carbocycles. The molecule has 0 spiro atoms. The van der Waals surface area contributed by atoms with Gasteiger partial charge in [-0.1, -0.05) is 15.9 Å². The summed E-state index contributed by atoms with van der Waals surface area (Å²) in [5.74, 6) is 0.0237. The van der Waals surface area contributed by atoms with E-state index in [-0.39, 0.29) is 11.9 Å². The molecule has 1 heterocycles. The van der Waals surface area contributed by atoms with Gasteiger partial charge in [0.1, 0.15) is 0 Å². The molecule has 0 atom stereocenters. The normalized spacial score (nSPS) is 10.9. The van der Waals surface area contributed by atoms with E-state index < -0.39 is 0 Å². The van der Waals surface area contributed by atoms with E-state index in [4.69, 9.17) is 5.73 Å². The van der Waals surface area contributed by atoms with Crippen molar-refractivity contribution in [2.75, 3.05) is 17.6 Å².